The topological polar surface area (TPSA) is 84.0 Å². The summed E-state index contributed by atoms with van der Waals surface area (Å²) in [6.45, 7) is 3.70. The third kappa shape index (κ3) is 3.59. The fourth-order valence-corrected chi connectivity index (χ4v) is 3.67. The van der Waals surface area contributed by atoms with Crippen LogP contribution in [0, 0.1) is 12.8 Å². The van der Waals surface area contributed by atoms with Gasteiger partial charge >= 0.3 is 0 Å². The zero-order valence-electron chi connectivity index (χ0n) is 13.4. The molecule has 0 bridgehead atoms. The second-order valence-electron chi connectivity index (χ2n) is 5.77. The number of ether oxygens (including phenoxy) is 1. The van der Waals surface area contributed by atoms with E-state index in [1.807, 2.05) is 17.3 Å². The van der Waals surface area contributed by atoms with Crippen LogP contribution in [0.5, 0.6) is 0 Å². The van der Waals surface area contributed by atoms with Crippen molar-refractivity contribution in [1.29, 1.82) is 0 Å². The number of rotatable bonds is 6. The number of nitrogens with zero attached hydrogens (tertiary/aromatic N) is 4. The van der Waals surface area contributed by atoms with Crippen LogP contribution in [0.25, 0.3) is 0 Å². The summed E-state index contributed by atoms with van der Waals surface area (Å²) in [6, 6.07) is 0. The van der Waals surface area contributed by atoms with Gasteiger partial charge in [-0.05, 0) is 19.8 Å². The second-order valence-corrected chi connectivity index (χ2v) is 6.71. The van der Waals surface area contributed by atoms with Crippen LogP contribution in [0.3, 0.4) is 0 Å². The molecule has 0 aliphatic heterocycles. The minimum Gasteiger partial charge on any atom is -0.383 e. The Morgan fingerprint density at radius 2 is 2.30 bits per heavy atom. The van der Waals surface area contributed by atoms with Gasteiger partial charge in [-0.25, -0.2) is 4.98 Å². The maximum Gasteiger partial charge on any atom is 0.226 e. The number of fused-ring (bicyclic) bond motifs is 1. The monoisotopic (exact) mass is 335 g/mol. The molecule has 1 amide bonds. The quantitative estimate of drug-likeness (QED) is 0.861. The lowest BCUT2D eigenvalue weighted by Crippen LogP contribution is -2.39. The highest BCUT2D eigenvalue weighted by molar-refractivity contribution is 7.09. The molecule has 0 spiro atoms. The van der Waals surface area contributed by atoms with E-state index in [9.17, 15) is 4.79 Å². The lowest BCUT2D eigenvalue weighted by atomic mass is 9.88. The van der Waals surface area contributed by atoms with Crippen LogP contribution >= 0.6 is 11.3 Å². The number of aromatic nitrogens is 4. The second kappa shape index (κ2) is 7.18. The Morgan fingerprint density at radius 3 is 3.04 bits per heavy atom. The van der Waals surface area contributed by atoms with Crippen LogP contribution in [0.1, 0.15) is 28.4 Å². The number of nitrogens with one attached hydrogen (secondary N) is 1. The largest absolute Gasteiger partial charge is 0.383 e. The molecule has 1 atom stereocenters. The molecule has 7 nitrogen and oxygen atoms in total. The van der Waals surface area contributed by atoms with Crippen molar-refractivity contribution in [3.8, 4) is 0 Å². The highest BCUT2D eigenvalue weighted by Crippen LogP contribution is 2.25. The van der Waals surface area contributed by atoms with Crippen molar-refractivity contribution >= 4 is 17.2 Å². The first-order valence-corrected chi connectivity index (χ1v) is 8.62. The molecule has 2 aromatic heterocycles. The van der Waals surface area contributed by atoms with E-state index in [1.54, 1.807) is 18.4 Å². The summed E-state index contributed by atoms with van der Waals surface area (Å²) in [7, 11) is 1.66. The standard InChI is InChI=1S/C15H21N5O2S/c1-10-14(23-9-16-10)8-20(5-6-22-2)15(21)11-3-4-12-13(7-11)18-19-17-12/h9,11H,3-8H2,1-2H3,(H,17,18,19). The zero-order valence-corrected chi connectivity index (χ0v) is 14.2. The zero-order chi connectivity index (χ0) is 16.2. The van der Waals surface area contributed by atoms with Crippen LogP contribution in [0.2, 0.25) is 0 Å². The Hall–Kier alpha value is -1.80. The van der Waals surface area contributed by atoms with Gasteiger partial charge in [-0.1, -0.05) is 0 Å². The molecule has 0 radical (unpaired) electrons. The van der Waals surface area contributed by atoms with E-state index in [-0.39, 0.29) is 11.8 Å². The van der Waals surface area contributed by atoms with Gasteiger partial charge in [-0.3, -0.25) is 4.79 Å². The molecule has 23 heavy (non-hydrogen) atoms. The SMILES string of the molecule is COCCN(Cc1scnc1C)C(=O)C1CCc2n[nH]nc2C1. The number of methoxy groups -OCH3 is 1. The van der Waals surface area contributed by atoms with Gasteiger partial charge < -0.3 is 9.64 Å². The number of thiazole rings is 1. The van der Waals surface area contributed by atoms with Crippen LogP contribution in [-0.4, -0.2) is 51.5 Å². The van der Waals surface area contributed by atoms with Crippen molar-refractivity contribution in [3.63, 3.8) is 0 Å². The van der Waals surface area contributed by atoms with E-state index in [4.69, 9.17) is 4.74 Å². The molecule has 8 heteroatoms. The van der Waals surface area contributed by atoms with E-state index in [2.05, 4.69) is 20.4 Å². The number of hydrogen-bond donors (Lipinski definition) is 1. The normalized spacial score (nSPS) is 17.0. The predicted octanol–water partition coefficient (Wildman–Crippen LogP) is 1.35. The summed E-state index contributed by atoms with van der Waals surface area (Å²) in [6.07, 6.45) is 2.29. The number of carbonyl (C=O) groups is 1. The van der Waals surface area contributed by atoms with Crippen molar-refractivity contribution in [2.75, 3.05) is 20.3 Å². The predicted molar refractivity (Wildman–Crippen MR) is 86.0 cm³/mol. The molecule has 2 heterocycles. The average molecular weight is 335 g/mol. The van der Waals surface area contributed by atoms with Crippen LogP contribution in [0.4, 0.5) is 0 Å². The minimum atomic E-state index is -0.0299. The Balaban J connectivity index is 1.71. The van der Waals surface area contributed by atoms with E-state index in [1.165, 1.54) is 0 Å². The Morgan fingerprint density at radius 1 is 1.48 bits per heavy atom. The summed E-state index contributed by atoms with van der Waals surface area (Å²) in [4.78, 5) is 20.3. The molecule has 1 unspecified atom stereocenters. The summed E-state index contributed by atoms with van der Waals surface area (Å²) < 4.78 is 5.17. The van der Waals surface area contributed by atoms with Crippen molar-refractivity contribution in [2.45, 2.75) is 32.7 Å². The maximum absolute atomic E-state index is 13.0. The maximum atomic E-state index is 13.0. The third-order valence-corrected chi connectivity index (χ3v) is 5.20. The Bertz CT molecular complexity index is 668. The van der Waals surface area contributed by atoms with Crippen LogP contribution in [0.15, 0.2) is 5.51 Å². The smallest absolute Gasteiger partial charge is 0.226 e. The van der Waals surface area contributed by atoms with Gasteiger partial charge in [-0.2, -0.15) is 15.4 Å². The van der Waals surface area contributed by atoms with Gasteiger partial charge in [0.05, 0.1) is 35.7 Å². The summed E-state index contributed by atoms with van der Waals surface area (Å²) >= 11 is 1.59. The molecule has 0 saturated heterocycles. The molecular formula is C15H21N5O2S. The number of amides is 1. The Labute approximate surface area is 139 Å². The molecule has 3 rings (SSSR count). The van der Waals surface area contributed by atoms with Crippen LogP contribution in [-0.2, 0) is 28.9 Å². The van der Waals surface area contributed by atoms with Gasteiger partial charge in [0, 0.05) is 30.9 Å². The van der Waals surface area contributed by atoms with Crippen molar-refractivity contribution in [1.82, 2.24) is 25.3 Å². The molecule has 0 saturated carbocycles. The van der Waals surface area contributed by atoms with Gasteiger partial charge in [0.15, 0.2) is 0 Å². The summed E-state index contributed by atoms with van der Waals surface area (Å²) in [5.74, 6) is 0.140. The molecule has 1 N–H and O–H groups in total. The van der Waals surface area contributed by atoms with Crippen molar-refractivity contribution in [3.05, 3.63) is 27.5 Å². The highest BCUT2D eigenvalue weighted by atomic mass is 32.1. The fraction of sp³-hybridized carbons (Fsp3) is 0.600. The molecule has 0 fully saturated rings. The van der Waals surface area contributed by atoms with Crippen molar-refractivity contribution < 1.29 is 9.53 Å². The average Bonchev–Trinajstić information content (AvgIpc) is 3.18. The highest BCUT2D eigenvalue weighted by Gasteiger charge is 2.30. The fourth-order valence-electron chi connectivity index (χ4n) is 2.87. The summed E-state index contributed by atoms with van der Waals surface area (Å²) in [5, 5.41) is 10.9. The number of carbonyl (C=O) groups excluding carboxylic acids is 1. The van der Waals surface area contributed by atoms with Gasteiger partial charge in [0.2, 0.25) is 5.91 Å². The van der Waals surface area contributed by atoms with E-state index in [0.29, 0.717) is 26.1 Å². The number of H-pyrrole nitrogens is 1. The van der Waals surface area contributed by atoms with Gasteiger partial charge in [0.25, 0.3) is 0 Å². The Kier molecular flexibility index (Phi) is 5.02. The molecule has 0 aromatic carbocycles. The van der Waals surface area contributed by atoms with E-state index >= 15 is 0 Å². The summed E-state index contributed by atoms with van der Waals surface area (Å²) in [5.41, 5.74) is 4.74. The van der Waals surface area contributed by atoms with Gasteiger partial charge in [-0.15, -0.1) is 11.3 Å². The molecular weight excluding hydrogens is 314 g/mol. The minimum absolute atomic E-state index is 0.0299. The molecule has 124 valence electrons. The first-order chi connectivity index (χ1) is 11.2. The number of hydrogen-bond acceptors (Lipinski definition) is 6. The van der Waals surface area contributed by atoms with Crippen LogP contribution < -0.4 is 0 Å². The van der Waals surface area contributed by atoms with Crippen molar-refractivity contribution in [2.24, 2.45) is 5.92 Å². The lowest BCUT2D eigenvalue weighted by molar-refractivity contribution is -0.137. The first-order valence-electron chi connectivity index (χ1n) is 7.74. The van der Waals surface area contributed by atoms with E-state index < -0.39 is 0 Å². The molecule has 1 aliphatic rings. The third-order valence-electron chi connectivity index (χ3n) is 4.28. The molecule has 1 aliphatic carbocycles. The van der Waals surface area contributed by atoms with Gasteiger partial charge in [0.1, 0.15) is 0 Å². The molecule has 2 aromatic rings. The first kappa shape index (κ1) is 16.1. The number of aromatic amines is 1. The van der Waals surface area contributed by atoms with E-state index in [0.717, 1.165) is 34.8 Å². The lowest BCUT2D eigenvalue weighted by Gasteiger charge is -2.28. The number of aryl methyl sites for hydroxylation is 2.